The Balaban J connectivity index is 2.50. The predicted molar refractivity (Wildman–Crippen MR) is 87.1 cm³/mol. The first kappa shape index (κ1) is 18.3. The van der Waals surface area contributed by atoms with E-state index < -0.39 is 43.5 Å². The fourth-order valence-corrected chi connectivity index (χ4v) is 6.33. The molecule has 1 heterocycles. The Morgan fingerprint density at radius 3 is 2.17 bits per heavy atom. The van der Waals surface area contributed by atoms with Gasteiger partial charge >= 0.3 is 0 Å². The van der Waals surface area contributed by atoms with Gasteiger partial charge in [-0.25, -0.2) is 21.8 Å². The van der Waals surface area contributed by atoms with Crippen molar-refractivity contribution >= 4 is 19.9 Å². The van der Waals surface area contributed by atoms with Gasteiger partial charge in [0.25, 0.3) is 10.0 Å². The third kappa shape index (κ3) is 3.58. The highest BCUT2D eigenvalue weighted by Gasteiger charge is 2.46. The second-order valence-corrected chi connectivity index (χ2v) is 10.0. The fraction of sp³-hybridized carbons (Fsp3) is 0.571. The lowest BCUT2D eigenvalue weighted by molar-refractivity contribution is 0.0272. The monoisotopic (exact) mass is 362 g/mol. The molecule has 0 aliphatic carbocycles. The van der Waals surface area contributed by atoms with Gasteiger partial charge in [-0.1, -0.05) is 6.07 Å². The molecule has 1 aliphatic heterocycles. The number of hydrazine groups is 1. The average molecular weight is 362 g/mol. The van der Waals surface area contributed by atoms with Gasteiger partial charge in [-0.15, -0.1) is 4.41 Å². The number of nitrogens with zero attached hydrogens (tertiary/aromatic N) is 2. The average Bonchev–Trinajstić information content (AvgIpc) is 2.65. The number of hydrogen-bond acceptors (Lipinski definition) is 6. The topological polar surface area (TPSA) is 95.0 Å². The molecule has 0 amide bonds. The van der Waals surface area contributed by atoms with E-state index >= 15 is 0 Å². The number of aliphatic hydroxyl groups excluding tert-OH is 1. The van der Waals surface area contributed by atoms with Gasteiger partial charge < -0.3 is 5.11 Å². The maximum atomic E-state index is 13.0. The Kier molecular flexibility index (Phi) is 4.89. The first-order valence-corrected chi connectivity index (χ1v) is 10.4. The lowest BCUT2D eigenvalue weighted by atomic mass is 10.1. The zero-order chi connectivity index (χ0) is 17.6. The predicted octanol–water partition coefficient (Wildman–Crippen LogP) is -0.0714. The molecule has 130 valence electrons. The lowest BCUT2D eigenvalue weighted by Gasteiger charge is -2.34. The van der Waals surface area contributed by atoms with E-state index in [1.807, 2.05) is 13.8 Å². The van der Waals surface area contributed by atoms with E-state index in [1.165, 1.54) is 25.2 Å². The fourth-order valence-electron chi connectivity index (χ4n) is 2.69. The summed E-state index contributed by atoms with van der Waals surface area (Å²) in [5.74, 6) is -0.819. The van der Waals surface area contributed by atoms with Gasteiger partial charge in [-0.05, 0) is 37.1 Å². The molecular weight excluding hydrogens is 340 g/mol. The SMILES string of the molecule is Cc1ccc(S(=O)(=O)N([C@@H]2CS(=O)(=O)C[C@H]2O)N(C)C)cc1C. The molecule has 1 aliphatic rings. The summed E-state index contributed by atoms with van der Waals surface area (Å²) < 4.78 is 50.4. The lowest BCUT2D eigenvalue weighted by Crippen LogP contribution is -2.53. The van der Waals surface area contributed by atoms with Crippen molar-refractivity contribution in [2.75, 3.05) is 25.6 Å². The van der Waals surface area contributed by atoms with Crippen LogP contribution in [0.3, 0.4) is 0 Å². The van der Waals surface area contributed by atoms with Crippen LogP contribution in [0.5, 0.6) is 0 Å². The van der Waals surface area contributed by atoms with Crippen molar-refractivity contribution in [3.63, 3.8) is 0 Å². The summed E-state index contributed by atoms with van der Waals surface area (Å²) in [5.41, 5.74) is 1.79. The Labute approximate surface area is 137 Å². The Morgan fingerprint density at radius 2 is 1.74 bits per heavy atom. The third-order valence-electron chi connectivity index (χ3n) is 3.99. The van der Waals surface area contributed by atoms with Crippen LogP contribution in [0, 0.1) is 13.8 Å². The maximum Gasteiger partial charge on any atom is 0.256 e. The van der Waals surface area contributed by atoms with E-state index in [0.717, 1.165) is 15.5 Å². The molecule has 0 aromatic heterocycles. The minimum atomic E-state index is -3.97. The largest absolute Gasteiger partial charge is 0.390 e. The molecule has 1 aromatic carbocycles. The summed E-state index contributed by atoms with van der Waals surface area (Å²) in [6.45, 7) is 3.69. The first-order valence-electron chi connectivity index (χ1n) is 7.13. The molecule has 1 fully saturated rings. The van der Waals surface area contributed by atoms with E-state index in [9.17, 15) is 21.9 Å². The van der Waals surface area contributed by atoms with Crippen molar-refractivity contribution in [1.29, 1.82) is 0 Å². The summed E-state index contributed by atoms with van der Waals surface area (Å²) >= 11 is 0. The molecule has 0 spiro atoms. The normalized spacial score (nSPS) is 24.5. The Bertz CT molecular complexity index is 802. The van der Waals surface area contributed by atoms with E-state index in [1.54, 1.807) is 12.1 Å². The number of sulfonamides is 1. The van der Waals surface area contributed by atoms with Crippen LogP contribution in [0.25, 0.3) is 0 Å². The minimum absolute atomic E-state index is 0.0748. The van der Waals surface area contributed by atoms with Crippen molar-refractivity contribution in [3.8, 4) is 0 Å². The van der Waals surface area contributed by atoms with Crippen LogP contribution in [0.2, 0.25) is 0 Å². The van der Waals surface area contributed by atoms with E-state index in [0.29, 0.717) is 0 Å². The van der Waals surface area contributed by atoms with Crippen LogP contribution in [0.1, 0.15) is 11.1 Å². The summed E-state index contributed by atoms with van der Waals surface area (Å²) in [6.07, 6.45) is -1.25. The van der Waals surface area contributed by atoms with Gasteiger partial charge in [0.05, 0.1) is 28.5 Å². The minimum Gasteiger partial charge on any atom is -0.390 e. The third-order valence-corrected chi connectivity index (χ3v) is 7.63. The second kappa shape index (κ2) is 6.14. The molecular formula is C14H22N2O5S2. The van der Waals surface area contributed by atoms with Gasteiger partial charge in [0.1, 0.15) is 0 Å². The Hall–Kier alpha value is -1.00. The summed E-state index contributed by atoms with van der Waals surface area (Å²) in [7, 11) is -4.41. The van der Waals surface area contributed by atoms with Gasteiger partial charge in [0.15, 0.2) is 9.84 Å². The number of aryl methyl sites for hydroxylation is 2. The smallest absolute Gasteiger partial charge is 0.256 e. The summed E-state index contributed by atoms with van der Waals surface area (Å²) in [4.78, 5) is 0.0748. The molecule has 1 N–H and O–H groups in total. The van der Waals surface area contributed by atoms with E-state index in [-0.39, 0.29) is 4.90 Å². The maximum absolute atomic E-state index is 13.0. The van der Waals surface area contributed by atoms with Crippen molar-refractivity contribution < 1.29 is 21.9 Å². The van der Waals surface area contributed by atoms with Gasteiger partial charge in [0.2, 0.25) is 0 Å². The molecule has 0 radical (unpaired) electrons. The highest BCUT2D eigenvalue weighted by molar-refractivity contribution is 7.92. The highest BCUT2D eigenvalue weighted by Crippen LogP contribution is 2.27. The molecule has 23 heavy (non-hydrogen) atoms. The number of hydrogen-bond donors (Lipinski definition) is 1. The van der Waals surface area contributed by atoms with Crippen molar-refractivity contribution in [2.45, 2.75) is 30.9 Å². The molecule has 1 saturated heterocycles. The zero-order valence-corrected chi connectivity index (χ0v) is 15.2. The molecule has 7 nitrogen and oxygen atoms in total. The van der Waals surface area contributed by atoms with Crippen molar-refractivity contribution in [1.82, 2.24) is 9.42 Å². The van der Waals surface area contributed by atoms with Gasteiger partial charge in [-0.2, -0.15) is 0 Å². The number of rotatable bonds is 4. The molecule has 0 unspecified atom stereocenters. The van der Waals surface area contributed by atoms with Crippen molar-refractivity contribution in [2.24, 2.45) is 0 Å². The second-order valence-electron chi connectivity index (χ2n) is 6.08. The van der Waals surface area contributed by atoms with Crippen LogP contribution < -0.4 is 0 Å². The van der Waals surface area contributed by atoms with Crippen LogP contribution in [-0.4, -0.2) is 69.1 Å². The molecule has 1 aromatic rings. The quantitative estimate of drug-likeness (QED) is 0.754. The number of sulfone groups is 1. The van der Waals surface area contributed by atoms with E-state index in [2.05, 4.69) is 0 Å². The zero-order valence-electron chi connectivity index (χ0n) is 13.6. The standard InChI is InChI=1S/C14H22N2O5S2/c1-10-5-6-12(7-11(10)2)23(20,21)16(15(3)4)13-8-22(18,19)9-14(13)17/h5-7,13-14,17H,8-9H2,1-4H3/t13-,14-/m1/s1. The molecule has 2 atom stereocenters. The highest BCUT2D eigenvalue weighted by atomic mass is 32.2. The van der Waals surface area contributed by atoms with Crippen LogP contribution in [0.4, 0.5) is 0 Å². The van der Waals surface area contributed by atoms with E-state index in [4.69, 9.17) is 0 Å². The van der Waals surface area contributed by atoms with Gasteiger partial charge in [0, 0.05) is 14.1 Å². The Morgan fingerprint density at radius 1 is 1.13 bits per heavy atom. The summed E-state index contributed by atoms with van der Waals surface area (Å²) in [5, 5.41) is 11.3. The molecule has 9 heteroatoms. The van der Waals surface area contributed by atoms with Crippen molar-refractivity contribution in [3.05, 3.63) is 29.3 Å². The summed E-state index contributed by atoms with van der Waals surface area (Å²) in [6, 6.07) is 3.72. The van der Waals surface area contributed by atoms with Gasteiger partial charge in [-0.3, -0.25) is 0 Å². The van der Waals surface area contributed by atoms with Crippen LogP contribution in [0.15, 0.2) is 23.1 Å². The van der Waals surface area contributed by atoms with Crippen LogP contribution in [-0.2, 0) is 19.9 Å². The molecule has 0 bridgehead atoms. The molecule has 2 rings (SSSR count). The first-order chi connectivity index (χ1) is 10.5. The molecule has 0 saturated carbocycles. The number of aliphatic hydroxyl groups is 1. The number of benzene rings is 1. The van der Waals surface area contributed by atoms with Crippen LogP contribution >= 0.6 is 0 Å².